The molecule has 0 bridgehead atoms. The Morgan fingerprint density at radius 2 is 1.24 bits per heavy atom. The Morgan fingerprint density at radius 1 is 0.600 bits per heavy atom. The van der Waals surface area contributed by atoms with Crippen molar-refractivity contribution in [2.24, 2.45) is 50.2 Å². The van der Waals surface area contributed by atoms with E-state index in [0.717, 1.165) is 5.57 Å². The van der Waals surface area contributed by atoms with Crippen molar-refractivity contribution in [1.82, 2.24) is 0 Å². The smallest absolute Gasteiger partial charge is 0.317 e. The second-order valence-corrected chi connectivity index (χ2v) is 27.9. The summed E-state index contributed by atoms with van der Waals surface area (Å²) in [6.45, 7) is 7.41. The van der Waals surface area contributed by atoms with Crippen molar-refractivity contribution in [3.8, 4) is 0 Å². The fourth-order valence-corrected chi connectivity index (χ4v) is 17.4. The predicted molar refractivity (Wildman–Crippen MR) is 282 cm³/mol. The minimum absolute atomic E-state index is 0.0767. The lowest BCUT2D eigenvalue weighted by Crippen LogP contribution is -2.71. The van der Waals surface area contributed by atoms with Gasteiger partial charge in [-0.3, -0.25) is 4.79 Å². The SMILES string of the molecule is C[C@@H]1O[C@@H](O[C@H]2[C@H](OC(=O)C34CCC(C)(C)C[C@H]3C3=CC[C@@H]5[C@@]6(C)C[C@H](O)[C@H](O[C@@H]7O[C@H](CO)[C@@H](O)[C@H](O)[C@H]7O)C(CO)(CO)[C@@H]6CC[C@@]5(C)[C@]3(C)CC4O)OC[C@H](O)[C@@H]2O)[C@H](O)[C@H](O)[C@H]1O[C@@H]1OC[C@@H](O)[C@H](O[C@@H]2OC[C@](O)(CO)[C@H]2O)[C@H]1O. The molecule has 31 atom stereocenters. The zero-order valence-corrected chi connectivity index (χ0v) is 48.8. The molecule has 28 nitrogen and oxygen atoms in total. The molecule has 0 aromatic carbocycles. The van der Waals surface area contributed by atoms with Crippen molar-refractivity contribution < 1.29 is 139 Å². The molecule has 5 heterocycles. The molecule has 0 radical (unpaired) electrons. The van der Waals surface area contributed by atoms with Crippen LogP contribution in [0.15, 0.2) is 11.6 Å². The number of ether oxygens (including phenoxy) is 10. The fraction of sp³-hybridized carbons (Fsp3) is 0.947. The minimum atomic E-state index is -2.08. The highest BCUT2D eigenvalue weighted by Crippen LogP contribution is 2.76. The molecule has 10 rings (SSSR count). The lowest BCUT2D eigenvalue weighted by Gasteiger charge is -2.72. The first-order valence-corrected chi connectivity index (χ1v) is 29.9. The summed E-state index contributed by atoms with van der Waals surface area (Å²) >= 11 is 0. The van der Waals surface area contributed by atoms with Gasteiger partial charge in [0.25, 0.3) is 0 Å². The van der Waals surface area contributed by atoms with Crippen LogP contribution in [-0.2, 0) is 52.2 Å². The summed E-state index contributed by atoms with van der Waals surface area (Å²) in [6.07, 6.45) is -32.8. The topological polar surface area (TPSA) is 453 Å². The number of hydrogen-bond acceptors (Lipinski definition) is 28. The van der Waals surface area contributed by atoms with Crippen LogP contribution in [0.5, 0.6) is 0 Å². The largest absolute Gasteiger partial charge is 0.432 e. The van der Waals surface area contributed by atoms with Gasteiger partial charge < -0.3 is 134 Å². The van der Waals surface area contributed by atoms with Gasteiger partial charge in [0, 0.05) is 5.41 Å². The highest BCUT2D eigenvalue weighted by atomic mass is 16.8. The zero-order valence-electron chi connectivity index (χ0n) is 48.8. The number of aliphatic hydroxyl groups excluding tert-OH is 16. The number of carbonyl (C=O) groups is 1. The second kappa shape index (κ2) is 24.0. The average Bonchev–Trinajstić information content (AvgIpc) is 0.951. The molecule has 0 aromatic rings. The maximum Gasteiger partial charge on any atom is 0.317 e. The molecule has 9 fully saturated rings. The van der Waals surface area contributed by atoms with Gasteiger partial charge in [0.1, 0.15) is 90.4 Å². The van der Waals surface area contributed by atoms with Crippen molar-refractivity contribution in [1.29, 1.82) is 0 Å². The molecule has 4 saturated carbocycles. The Morgan fingerprint density at radius 3 is 1.89 bits per heavy atom. The molecule has 5 aliphatic carbocycles. The Labute approximate surface area is 491 Å². The van der Waals surface area contributed by atoms with Crippen molar-refractivity contribution in [3.05, 3.63) is 11.6 Å². The van der Waals surface area contributed by atoms with E-state index in [9.17, 15) is 86.8 Å². The Hall–Kier alpha value is -1.83. The van der Waals surface area contributed by atoms with Crippen LogP contribution in [0.25, 0.3) is 0 Å². The predicted octanol–water partition coefficient (Wildman–Crippen LogP) is -5.38. The van der Waals surface area contributed by atoms with Crippen molar-refractivity contribution >= 4 is 5.97 Å². The molecule has 5 saturated heterocycles. The van der Waals surface area contributed by atoms with E-state index in [0.29, 0.717) is 32.1 Å². The van der Waals surface area contributed by atoms with Crippen LogP contribution in [0.3, 0.4) is 0 Å². The fourth-order valence-electron chi connectivity index (χ4n) is 17.4. The van der Waals surface area contributed by atoms with Gasteiger partial charge in [-0.05, 0) is 97.7 Å². The maximum absolute atomic E-state index is 15.4. The van der Waals surface area contributed by atoms with Crippen LogP contribution < -0.4 is 0 Å². The highest BCUT2D eigenvalue weighted by molar-refractivity contribution is 5.80. The summed E-state index contributed by atoms with van der Waals surface area (Å²) in [5.41, 5.74) is -6.87. The number of carbonyl (C=O) groups excluding carboxylic acids is 1. The van der Waals surface area contributed by atoms with Crippen LogP contribution in [0.4, 0.5) is 0 Å². The Bertz CT molecular complexity index is 2380. The number of fused-ring (bicyclic) bond motifs is 7. The van der Waals surface area contributed by atoms with E-state index in [4.69, 9.17) is 47.4 Å². The summed E-state index contributed by atoms with van der Waals surface area (Å²) < 4.78 is 58.5. The Balaban J connectivity index is 0.864. The maximum atomic E-state index is 15.4. The molecule has 0 aromatic heterocycles. The lowest BCUT2D eigenvalue weighted by atomic mass is 9.33. The molecule has 10 aliphatic rings. The van der Waals surface area contributed by atoms with Gasteiger partial charge in [-0.25, -0.2) is 0 Å². The van der Waals surface area contributed by atoms with E-state index in [2.05, 4.69) is 33.8 Å². The second-order valence-electron chi connectivity index (χ2n) is 27.9. The van der Waals surface area contributed by atoms with Gasteiger partial charge in [0.05, 0.1) is 70.7 Å². The first-order chi connectivity index (χ1) is 39.9. The number of esters is 1. The molecular formula is C57H92O28. The minimum Gasteiger partial charge on any atom is -0.432 e. The van der Waals surface area contributed by atoms with Gasteiger partial charge in [-0.1, -0.05) is 46.3 Å². The van der Waals surface area contributed by atoms with Gasteiger partial charge in [-0.2, -0.15) is 0 Å². The Kier molecular flexibility index (Phi) is 18.7. The van der Waals surface area contributed by atoms with E-state index in [1.807, 2.05) is 6.92 Å². The molecule has 17 N–H and O–H groups in total. The van der Waals surface area contributed by atoms with Crippen LogP contribution >= 0.6 is 0 Å². The monoisotopic (exact) mass is 1220 g/mol. The third kappa shape index (κ3) is 10.6. The van der Waals surface area contributed by atoms with Crippen molar-refractivity contribution in [3.63, 3.8) is 0 Å². The summed E-state index contributed by atoms with van der Waals surface area (Å²) in [6, 6.07) is 0. The van der Waals surface area contributed by atoms with Crippen LogP contribution in [-0.4, -0.2) is 286 Å². The van der Waals surface area contributed by atoms with Gasteiger partial charge in [-0.15, -0.1) is 0 Å². The van der Waals surface area contributed by atoms with Gasteiger partial charge in [0.15, 0.2) is 31.3 Å². The molecule has 28 heteroatoms. The van der Waals surface area contributed by atoms with E-state index in [1.165, 1.54) is 6.92 Å². The van der Waals surface area contributed by atoms with Crippen LogP contribution in [0, 0.1) is 50.2 Å². The van der Waals surface area contributed by atoms with Crippen molar-refractivity contribution in [2.75, 3.05) is 46.2 Å². The summed E-state index contributed by atoms with van der Waals surface area (Å²) in [4.78, 5) is 15.4. The van der Waals surface area contributed by atoms with Gasteiger partial charge in [0.2, 0.25) is 6.29 Å². The summed E-state index contributed by atoms with van der Waals surface area (Å²) in [7, 11) is 0. The third-order valence-electron chi connectivity index (χ3n) is 22.6. The highest BCUT2D eigenvalue weighted by Gasteiger charge is 2.74. The van der Waals surface area contributed by atoms with E-state index < -0.39 is 238 Å². The van der Waals surface area contributed by atoms with E-state index >= 15 is 4.79 Å². The zero-order chi connectivity index (χ0) is 62.1. The molecule has 488 valence electrons. The number of hydrogen-bond donors (Lipinski definition) is 17. The first kappa shape index (κ1) is 66.1. The third-order valence-corrected chi connectivity index (χ3v) is 22.6. The van der Waals surface area contributed by atoms with Crippen LogP contribution in [0.2, 0.25) is 0 Å². The molecule has 85 heavy (non-hydrogen) atoms. The quantitative estimate of drug-likeness (QED) is 0.0439. The van der Waals surface area contributed by atoms with E-state index in [-0.39, 0.29) is 30.6 Å². The van der Waals surface area contributed by atoms with E-state index in [1.54, 1.807) is 0 Å². The standard InChI is InChI=1S/C57H92O28/c1-23-40(81-45-39(72)41(28(64)18-76-45)82-49-43(73)56(75,21-61)22-78-49)36(69)38(71)46(79-23)83-42-33(66)27(63)17-77-48(42)85-50(74)57-12-11-51(2,3)13-25(57)24-7-8-30-52(4)14-26(62)44(84-47-37(70)35(68)34(67)29(16-58)80-47)55(19-59,20-60)31(52)9-10-53(30,5)54(24,6)15-32(57)65/h7,23,25-49,58-73,75H,8-22H2,1-6H3/t23-,25-,26-,27-,28+,29+,30+,31+,32?,33-,34+,35-,36-,37+,38+,39+,40-,41-,42+,43-,44-,45-,46-,47-,48-,49-,52+,53+,54+,56+,57?/m0/s1. The summed E-state index contributed by atoms with van der Waals surface area (Å²) in [5.74, 6) is -2.25. The normalized spacial score (nSPS) is 54.0. The first-order valence-electron chi connectivity index (χ1n) is 29.9. The average molecular weight is 1230 g/mol. The van der Waals surface area contributed by atoms with Crippen molar-refractivity contribution in [2.45, 2.75) is 240 Å². The molecule has 2 unspecified atom stereocenters. The molecule has 0 spiro atoms. The van der Waals surface area contributed by atoms with Crippen LogP contribution in [0.1, 0.15) is 92.9 Å². The number of allylic oxidation sites excluding steroid dienone is 2. The molecule has 5 aliphatic heterocycles. The number of aliphatic hydroxyl groups is 17. The number of rotatable bonds is 14. The van der Waals surface area contributed by atoms with Gasteiger partial charge >= 0.3 is 5.97 Å². The molecular weight excluding hydrogens is 1130 g/mol. The molecule has 0 amide bonds. The lowest BCUT2D eigenvalue weighted by molar-refractivity contribution is -0.372. The summed E-state index contributed by atoms with van der Waals surface area (Å²) in [5, 5.41) is 188.